The largest absolute Gasteiger partial charge is 0.489 e. The Bertz CT molecular complexity index is 1100. The van der Waals surface area contributed by atoms with E-state index in [1.54, 1.807) is 48.5 Å². The van der Waals surface area contributed by atoms with E-state index in [0.29, 0.717) is 42.1 Å². The minimum atomic E-state index is -0.941. The molecule has 176 valence electrons. The summed E-state index contributed by atoms with van der Waals surface area (Å²) in [4.78, 5) is 17.3. The van der Waals surface area contributed by atoms with Crippen LogP contribution >= 0.6 is 0 Å². The molecule has 7 heteroatoms. The summed E-state index contributed by atoms with van der Waals surface area (Å²) >= 11 is 0. The van der Waals surface area contributed by atoms with Gasteiger partial charge in [0.2, 0.25) is 0 Å². The summed E-state index contributed by atoms with van der Waals surface area (Å²) in [7, 11) is 0. The van der Waals surface area contributed by atoms with E-state index in [2.05, 4.69) is 5.16 Å². The highest BCUT2D eigenvalue weighted by Gasteiger charge is 2.26. The van der Waals surface area contributed by atoms with Crippen molar-refractivity contribution in [2.24, 2.45) is 10.9 Å². The summed E-state index contributed by atoms with van der Waals surface area (Å²) in [5, 5.41) is 3.74. The van der Waals surface area contributed by atoms with Crippen molar-refractivity contribution in [2.45, 2.75) is 44.6 Å². The van der Waals surface area contributed by atoms with Crippen LogP contribution in [0.2, 0.25) is 0 Å². The number of ether oxygens (including phenoxy) is 2. The SMILES string of the molecule is N/C(=N\OC(=O)c1ccc(OCc2ccccc2)cc1)c1ccc(OC2CCCCC2F)cc1. The molecule has 3 aromatic rings. The third-order valence-corrected chi connectivity index (χ3v) is 5.62. The molecule has 1 aliphatic carbocycles. The molecule has 4 rings (SSSR count). The van der Waals surface area contributed by atoms with Crippen LogP contribution in [0.25, 0.3) is 0 Å². The molecule has 0 radical (unpaired) electrons. The van der Waals surface area contributed by atoms with Gasteiger partial charge in [-0.1, -0.05) is 41.9 Å². The van der Waals surface area contributed by atoms with Crippen LogP contribution in [0, 0.1) is 0 Å². The molecule has 0 spiro atoms. The molecule has 1 fully saturated rings. The van der Waals surface area contributed by atoms with Gasteiger partial charge < -0.3 is 20.0 Å². The molecule has 0 aliphatic heterocycles. The molecule has 1 aliphatic rings. The van der Waals surface area contributed by atoms with E-state index in [9.17, 15) is 9.18 Å². The molecule has 34 heavy (non-hydrogen) atoms. The van der Waals surface area contributed by atoms with E-state index in [1.807, 2.05) is 30.3 Å². The Balaban J connectivity index is 1.28. The Morgan fingerprint density at radius 3 is 2.24 bits per heavy atom. The number of oxime groups is 1. The number of hydrogen-bond acceptors (Lipinski definition) is 5. The maximum absolute atomic E-state index is 14.0. The average Bonchev–Trinajstić information content (AvgIpc) is 2.88. The third kappa shape index (κ3) is 6.34. The molecular weight excluding hydrogens is 435 g/mol. The second kappa shape index (κ2) is 11.3. The quantitative estimate of drug-likeness (QED) is 0.210. The van der Waals surface area contributed by atoms with Gasteiger partial charge in [-0.2, -0.15) is 0 Å². The van der Waals surface area contributed by atoms with Gasteiger partial charge in [0.05, 0.1) is 5.56 Å². The van der Waals surface area contributed by atoms with E-state index < -0.39 is 18.2 Å². The number of hydrogen-bond donors (Lipinski definition) is 1. The molecular formula is C27H27FN2O4. The van der Waals surface area contributed by atoms with E-state index in [-0.39, 0.29) is 5.84 Å². The van der Waals surface area contributed by atoms with Crippen molar-refractivity contribution in [2.75, 3.05) is 0 Å². The van der Waals surface area contributed by atoms with Gasteiger partial charge in [-0.3, -0.25) is 0 Å². The van der Waals surface area contributed by atoms with Gasteiger partial charge in [0.25, 0.3) is 0 Å². The number of carbonyl (C=O) groups is 1. The fourth-order valence-electron chi connectivity index (χ4n) is 3.69. The Morgan fingerprint density at radius 2 is 1.53 bits per heavy atom. The lowest BCUT2D eigenvalue weighted by atomic mass is 9.96. The summed E-state index contributed by atoms with van der Waals surface area (Å²) in [6.45, 7) is 0.435. The van der Waals surface area contributed by atoms with Crippen molar-refractivity contribution >= 4 is 11.8 Å². The fraction of sp³-hybridized carbons (Fsp3) is 0.259. The van der Waals surface area contributed by atoms with Crippen LogP contribution in [0.3, 0.4) is 0 Å². The highest BCUT2D eigenvalue weighted by Crippen LogP contribution is 2.26. The van der Waals surface area contributed by atoms with Gasteiger partial charge in [0.1, 0.15) is 30.4 Å². The first-order valence-corrected chi connectivity index (χ1v) is 11.3. The third-order valence-electron chi connectivity index (χ3n) is 5.62. The lowest BCUT2D eigenvalue weighted by Crippen LogP contribution is -2.31. The molecule has 3 aromatic carbocycles. The van der Waals surface area contributed by atoms with Crippen molar-refractivity contribution in [3.8, 4) is 11.5 Å². The highest BCUT2D eigenvalue weighted by molar-refractivity contribution is 5.98. The normalized spacial score (nSPS) is 18.2. The topological polar surface area (TPSA) is 83.1 Å². The van der Waals surface area contributed by atoms with E-state index in [0.717, 1.165) is 18.4 Å². The fourth-order valence-corrected chi connectivity index (χ4v) is 3.69. The Hall–Kier alpha value is -3.87. The van der Waals surface area contributed by atoms with Crippen molar-refractivity contribution in [3.05, 3.63) is 95.6 Å². The second-order valence-electron chi connectivity index (χ2n) is 8.14. The number of amidine groups is 1. The van der Waals surface area contributed by atoms with E-state index in [4.69, 9.17) is 20.0 Å². The first kappa shape index (κ1) is 23.3. The summed E-state index contributed by atoms with van der Waals surface area (Å²) in [5.41, 5.74) is 7.88. The second-order valence-corrected chi connectivity index (χ2v) is 8.14. The zero-order valence-corrected chi connectivity index (χ0v) is 18.7. The van der Waals surface area contributed by atoms with Crippen LogP contribution in [-0.4, -0.2) is 24.1 Å². The maximum atomic E-state index is 14.0. The number of benzene rings is 3. The lowest BCUT2D eigenvalue weighted by molar-refractivity contribution is 0.0516. The first-order valence-electron chi connectivity index (χ1n) is 11.3. The van der Waals surface area contributed by atoms with Gasteiger partial charge in [0.15, 0.2) is 5.84 Å². The molecule has 2 unspecified atom stereocenters. The number of nitrogens with zero attached hydrogens (tertiary/aromatic N) is 1. The van der Waals surface area contributed by atoms with E-state index >= 15 is 0 Å². The smallest absolute Gasteiger partial charge is 0.365 e. The zero-order chi connectivity index (χ0) is 23.8. The van der Waals surface area contributed by atoms with Crippen LogP contribution in [0.4, 0.5) is 4.39 Å². The Morgan fingerprint density at radius 1 is 0.882 bits per heavy atom. The molecule has 0 saturated heterocycles. The molecule has 6 nitrogen and oxygen atoms in total. The first-order chi connectivity index (χ1) is 16.6. The molecule has 0 bridgehead atoms. The summed E-state index contributed by atoms with van der Waals surface area (Å²) in [6.07, 6.45) is 1.76. The van der Waals surface area contributed by atoms with Gasteiger partial charge in [-0.05, 0) is 73.4 Å². The van der Waals surface area contributed by atoms with Crippen molar-refractivity contribution in [3.63, 3.8) is 0 Å². The molecule has 2 atom stereocenters. The predicted octanol–water partition coefficient (Wildman–Crippen LogP) is 5.40. The maximum Gasteiger partial charge on any atom is 0.365 e. The average molecular weight is 463 g/mol. The number of rotatable bonds is 8. The zero-order valence-electron chi connectivity index (χ0n) is 18.7. The highest BCUT2D eigenvalue weighted by atomic mass is 19.1. The van der Waals surface area contributed by atoms with Gasteiger partial charge in [-0.25, -0.2) is 9.18 Å². The van der Waals surface area contributed by atoms with Gasteiger partial charge >= 0.3 is 5.97 Å². The molecule has 1 saturated carbocycles. The van der Waals surface area contributed by atoms with E-state index in [1.165, 1.54) is 0 Å². The van der Waals surface area contributed by atoms with Gasteiger partial charge in [-0.15, -0.1) is 0 Å². The number of carbonyl (C=O) groups excluding carboxylic acids is 1. The lowest BCUT2D eigenvalue weighted by Gasteiger charge is -2.26. The van der Waals surface area contributed by atoms with Crippen LogP contribution in [0.5, 0.6) is 11.5 Å². The predicted molar refractivity (Wildman–Crippen MR) is 128 cm³/mol. The van der Waals surface area contributed by atoms with Crippen LogP contribution < -0.4 is 15.2 Å². The summed E-state index contributed by atoms with van der Waals surface area (Å²) in [6, 6.07) is 23.2. The van der Waals surface area contributed by atoms with Crippen molar-refractivity contribution in [1.82, 2.24) is 0 Å². The molecule has 0 heterocycles. The summed E-state index contributed by atoms with van der Waals surface area (Å²) < 4.78 is 25.4. The van der Waals surface area contributed by atoms with Crippen LogP contribution in [-0.2, 0) is 11.4 Å². The number of halogens is 1. The monoisotopic (exact) mass is 462 g/mol. The number of alkyl halides is 1. The molecule has 2 N–H and O–H groups in total. The summed E-state index contributed by atoms with van der Waals surface area (Å²) in [5.74, 6) is 0.614. The Labute approximate surface area is 198 Å². The minimum Gasteiger partial charge on any atom is -0.489 e. The van der Waals surface area contributed by atoms with Crippen LogP contribution in [0.1, 0.15) is 47.2 Å². The van der Waals surface area contributed by atoms with Crippen molar-refractivity contribution < 1.29 is 23.5 Å². The number of nitrogens with two attached hydrogens (primary N) is 1. The van der Waals surface area contributed by atoms with Crippen molar-refractivity contribution in [1.29, 1.82) is 0 Å². The standard InChI is InChI=1S/C27H27FN2O4/c28-24-8-4-5-9-25(24)33-23-16-10-20(11-17-23)26(29)30-34-27(31)21-12-14-22(15-13-21)32-18-19-6-2-1-3-7-19/h1-3,6-7,10-17,24-25H,4-5,8-9,18H2,(H2,29,30). The van der Waals surface area contributed by atoms with Gasteiger partial charge in [0, 0.05) is 5.56 Å². The molecule has 0 aromatic heterocycles. The Kier molecular flexibility index (Phi) is 7.75. The minimum absolute atomic E-state index is 0.0451. The molecule has 0 amide bonds. The van der Waals surface area contributed by atoms with Crippen LogP contribution in [0.15, 0.2) is 84.0 Å².